The molecule has 2 heterocycles. The van der Waals surface area contributed by atoms with Crippen LogP contribution in [0.3, 0.4) is 0 Å². The van der Waals surface area contributed by atoms with Crippen molar-refractivity contribution >= 4 is 26.3 Å². The Morgan fingerprint density at radius 1 is 0.458 bits per heavy atom. The summed E-state index contributed by atoms with van der Waals surface area (Å²) in [7, 11) is 0.694. The van der Waals surface area contributed by atoms with Gasteiger partial charge in [-0.15, -0.1) is 0 Å². The Morgan fingerprint density at radius 2 is 0.889 bits per heavy atom. The molecule has 6 aromatic carbocycles. The van der Waals surface area contributed by atoms with Crippen LogP contribution >= 0.6 is 8.38 Å². The maximum Gasteiger partial charge on any atom is 0.338 e. The first-order valence-corrected chi connectivity index (χ1v) is 24.7. The number of ether oxygens (including phenoxy) is 10. The highest BCUT2D eigenvalue weighted by Gasteiger charge is 2.55. The molecule has 10 atom stereocenters. The van der Waals surface area contributed by atoms with Crippen molar-refractivity contribution in [3.63, 3.8) is 0 Å². The van der Waals surface area contributed by atoms with E-state index >= 15 is 0 Å². The fourth-order valence-electron chi connectivity index (χ4n) is 8.10. The summed E-state index contributed by atoms with van der Waals surface area (Å²) in [6, 6.07) is 54.0. The average molecular weight is 1000 g/mol. The van der Waals surface area contributed by atoms with Crippen molar-refractivity contribution < 1.29 is 70.8 Å². The highest BCUT2D eigenvalue weighted by molar-refractivity contribution is 7.48. The van der Waals surface area contributed by atoms with Gasteiger partial charge in [0, 0.05) is 14.2 Å². The van der Waals surface area contributed by atoms with Gasteiger partial charge in [0.2, 0.25) is 8.38 Å². The van der Waals surface area contributed by atoms with Crippen molar-refractivity contribution in [2.24, 2.45) is 0 Å². The van der Waals surface area contributed by atoms with Crippen LogP contribution in [0, 0.1) is 0 Å². The molecule has 16 heteroatoms. The summed E-state index contributed by atoms with van der Waals surface area (Å²) in [5.41, 5.74) is 3.39. The number of carbonyl (C=O) groups is 3. The molecule has 15 nitrogen and oxygen atoms in total. The lowest BCUT2D eigenvalue weighted by Crippen LogP contribution is -2.63. The zero-order valence-corrected chi connectivity index (χ0v) is 40.7. The first kappa shape index (κ1) is 52.1. The van der Waals surface area contributed by atoms with Gasteiger partial charge in [-0.05, 0) is 53.1 Å². The van der Waals surface area contributed by atoms with Gasteiger partial charge in [-0.2, -0.15) is 0 Å². The van der Waals surface area contributed by atoms with Gasteiger partial charge in [-0.3, -0.25) is 0 Å². The van der Waals surface area contributed by atoms with Crippen LogP contribution in [0.15, 0.2) is 182 Å². The van der Waals surface area contributed by atoms with Gasteiger partial charge in [-0.25, -0.2) is 14.4 Å². The van der Waals surface area contributed by atoms with Crippen molar-refractivity contribution in [3.05, 3.63) is 215 Å². The molecule has 0 bridgehead atoms. The fraction of sp³-hybridized carbons (Fsp3) is 0.304. The minimum atomic E-state index is -2.16. The first-order valence-electron chi connectivity index (χ1n) is 23.5. The second-order valence-electron chi connectivity index (χ2n) is 16.7. The number of rotatable bonds is 23. The summed E-state index contributed by atoms with van der Waals surface area (Å²) in [5, 5.41) is 0. The standard InChI is InChI=1S/C56H57O15P/c1-60-38-65-56-51(64-35-41-25-13-5-14-26-41)47(63-34-40-23-11-4-12-24-40)46(36-62-33-39-21-9-3-10-22-39)71-72(56)66-37-45-48(68-52(57)42-27-15-6-16-28-42)49(69-53(58)43-29-17-7-18-30-43)50(55(61-2)67-45)70-54(59)44-31-19-8-20-32-44/h3-32,45-51,55-56H,33-38H2,1-2H3/t45-,46-,47-,48-,49+,50-,51+,55+,56+,72+/m1/s1. The molecule has 0 aliphatic carbocycles. The molecule has 2 aliphatic heterocycles. The molecule has 0 saturated carbocycles. The van der Waals surface area contributed by atoms with Gasteiger partial charge in [0.15, 0.2) is 30.4 Å². The molecule has 0 unspecified atom stereocenters. The summed E-state index contributed by atoms with van der Waals surface area (Å²) in [5.74, 6) is -3.28. The summed E-state index contributed by atoms with van der Waals surface area (Å²) in [4.78, 5) is 42.0. The zero-order chi connectivity index (χ0) is 49.9. The average Bonchev–Trinajstić information content (AvgIpc) is 3.43. The van der Waals surface area contributed by atoms with E-state index in [0.29, 0.717) is 0 Å². The minimum Gasteiger partial charge on any atom is -0.452 e. The number of carbonyl (C=O) groups excluding carboxylic acids is 3. The predicted molar refractivity (Wildman–Crippen MR) is 263 cm³/mol. The van der Waals surface area contributed by atoms with Crippen LogP contribution in [-0.4, -0.2) is 107 Å². The quantitative estimate of drug-likeness (QED) is 0.0258. The molecule has 0 spiro atoms. The largest absolute Gasteiger partial charge is 0.452 e. The van der Waals surface area contributed by atoms with Gasteiger partial charge in [-0.1, -0.05) is 146 Å². The van der Waals surface area contributed by atoms with Crippen LogP contribution in [0.25, 0.3) is 0 Å². The summed E-state index contributed by atoms with van der Waals surface area (Å²) in [6.07, 6.45) is -9.44. The Hall–Kier alpha value is -6.20. The third kappa shape index (κ3) is 14.3. The number of methoxy groups -OCH3 is 2. The van der Waals surface area contributed by atoms with Gasteiger partial charge in [0.1, 0.15) is 31.2 Å². The molecule has 0 N–H and O–H groups in total. The van der Waals surface area contributed by atoms with E-state index in [4.69, 9.17) is 56.4 Å². The lowest BCUT2D eigenvalue weighted by Gasteiger charge is -2.46. The highest BCUT2D eigenvalue weighted by Crippen LogP contribution is 2.54. The third-order valence-corrected chi connectivity index (χ3v) is 13.4. The summed E-state index contributed by atoms with van der Waals surface area (Å²) < 4.78 is 76.5. The Bertz CT molecular complexity index is 2550. The summed E-state index contributed by atoms with van der Waals surface area (Å²) in [6.45, 7) is 0.215. The van der Waals surface area contributed by atoms with Gasteiger partial charge in [0.25, 0.3) is 0 Å². The molecule has 6 aromatic rings. The fourth-order valence-corrected chi connectivity index (χ4v) is 9.85. The van der Waals surface area contributed by atoms with Crippen LogP contribution < -0.4 is 0 Å². The monoisotopic (exact) mass is 1000 g/mol. The number of hydrogen-bond acceptors (Lipinski definition) is 15. The van der Waals surface area contributed by atoms with Crippen molar-refractivity contribution in [2.45, 2.75) is 74.7 Å². The van der Waals surface area contributed by atoms with Crippen LogP contribution in [0.4, 0.5) is 0 Å². The van der Waals surface area contributed by atoms with E-state index in [9.17, 15) is 14.4 Å². The topological polar surface area (TPSA) is 162 Å². The van der Waals surface area contributed by atoms with Gasteiger partial charge in [0.05, 0.1) is 49.7 Å². The van der Waals surface area contributed by atoms with Crippen molar-refractivity contribution in [3.8, 4) is 0 Å². The van der Waals surface area contributed by atoms with Crippen LogP contribution in [0.2, 0.25) is 0 Å². The Morgan fingerprint density at radius 3 is 1.36 bits per heavy atom. The van der Waals surface area contributed by atoms with Gasteiger partial charge >= 0.3 is 17.9 Å². The van der Waals surface area contributed by atoms with E-state index in [1.165, 1.54) is 14.2 Å². The SMILES string of the molecule is COCO[C@@H]1[C@@H](OCc2ccccc2)[C@H](OCc2ccccc2)[C@@H](COCc2ccccc2)O[P@]1OC[C@H]1O[C@H](OC)[C@H](OC(=O)c2ccccc2)[C@@H](OC(=O)c2ccccc2)[C@@H]1OC(=O)c1ccccc1. The first-order chi connectivity index (χ1) is 35.4. The van der Waals surface area contributed by atoms with E-state index in [0.717, 1.165) is 16.7 Å². The molecule has 2 saturated heterocycles. The Kier molecular flexibility index (Phi) is 19.6. The normalized spacial score (nSPS) is 23.9. The number of hydrogen-bond donors (Lipinski definition) is 0. The van der Waals surface area contributed by atoms with Crippen molar-refractivity contribution in [1.29, 1.82) is 0 Å². The molecule has 376 valence electrons. The molecule has 0 aromatic heterocycles. The highest BCUT2D eigenvalue weighted by atomic mass is 31.2. The van der Waals surface area contributed by atoms with Gasteiger partial charge < -0.3 is 56.4 Å². The Balaban J connectivity index is 1.14. The number of esters is 3. The lowest BCUT2D eigenvalue weighted by atomic mass is 9.97. The molecular weight excluding hydrogens is 944 g/mol. The smallest absolute Gasteiger partial charge is 0.338 e. The van der Waals surface area contributed by atoms with Crippen molar-refractivity contribution in [1.82, 2.24) is 0 Å². The molecular formula is C56H57O15P. The van der Waals surface area contributed by atoms with Crippen LogP contribution in [0.1, 0.15) is 47.8 Å². The number of benzene rings is 6. The van der Waals surface area contributed by atoms with E-state index in [-0.39, 0.29) is 56.5 Å². The minimum absolute atomic E-state index is 0.0632. The predicted octanol–water partition coefficient (Wildman–Crippen LogP) is 9.10. The molecule has 72 heavy (non-hydrogen) atoms. The summed E-state index contributed by atoms with van der Waals surface area (Å²) >= 11 is 0. The maximum atomic E-state index is 14.1. The maximum absolute atomic E-state index is 14.1. The zero-order valence-electron chi connectivity index (χ0n) is 39.8. The molecule has 0 radical (unpaired) electrons. The molecule has 0 amide bonds. The lowest BCUT2D eigenvalue weighted by molar-refractivity contribution is -0.291. The van der Waals surface area contributed by atoms with Crippen molar-refractivity contribution in [2.75, 3.05) is 34.2 Å². The van der Waals surface area contributed by atoms with Crippen LogP contribution in [-0.2, 0) is 76.2 Å². The molecule has 2 aliphatic rings. The molecule has 8 rings (SSSR count). The molecule has 2 fully saturated rings. The Labute approximate surface area is 420 Å². The van der Waals surface area contributed by atoms with E-state index in [2.05, 4.69) is 0 Å². The third-order valence-electron chi connectivity index (χ3n) is 11.7. The van der Waals surface area contributed by atoms with E-state index in [1.807, 2.05) is 91.0 Å². The second-order valence-corrected chi connectivity index (χ2v) is 18.2. The van der Waals surface area contributed by atoms with E-state index < -0.39 is 81.1 Å². The van der Waals surface area contributed by atoms with Crippen LogP contribution in [0.5, 0.6) is 0 Å². The second kappa shape index (κ2) is 27.0. The van der Waals surface area contributed by atoms with E-state index in [1.54, 1.807) is 91.0 Å².